The summed E-state index contributed by atoms with van der Waals surface area (Å²) in [4.78, 5) is 32.1. The molecule has 1 aliphatic carbocycles. The van der Waals surface area contributed by atoms with Crippen molar-refractivity contribution in [3.63, 3.8) is 0 Å². The van der Waals surface area contributed by atoms with Crippen LogP contribution in [0.15, 0.2) is 82.9 Å². The Morgan fingerprint density at radius 3 is 2.78 bits per heavy atom. The molecular formula is C25H24N4O3. The third kappa shape index (κ3) is 3.89. The lowest BCUT2D eigenvalue weighted by atomic mass is 9.88. The smallest absolute Gasteiger partial charge is 0.239 e. The average molecular weight is 428 g/mol. The van der Waals surface area contributed by atoms with Crippen molar-refractivity contribution in [1.82, 2.24) is 10.3 Å². The van der Waals surface area contributed by atoms with Crippen LogP contribution < -0.4 is 15.5 Å². The van der Waals surface area contributed by atoms with Gasteiger partial charge in [-0.2, -0.15) is 0 Å². The van der Waals surface area contributed by atoms with Crippen LogP contribution in [0.25, 0.3) is 0 Å². The zero-order valence-corrected chi connectivity index (χ0v) is 17.6. The second-order valence-electron chi connectivity index (χ2n) is 7.99. The Labute approximate surface area is 186 Å². The van der Waals surface area contributed by atoms with Crippen molar-refractivity contribution in [1.29, 1.82) is 0 Å². The van der Waals surface area contributed by atoms with Crippen LogP contribution in [-0.4, -0.2) is 23.2 Å². The Morgan fingerprint density at radius 2 is 1.97 bits per heavy atom. The Kier molecular flexibility index (Phi) is 5.46. The molecule has 3 heterocycles. The number of aromatic nitrogens is 1. The third-order valence-corrected chi connectivity index (χ3v) is 5.91. The van der Waals surface area contributed by atoms with E-state index in [2.05, 4.69) is 15.6 Å². The van der Waals surface area contributed by atoms with Gasteiger partial charge in [-0.25, -0.2) is 0 Å². The van der Waals surface area contributed by atoms with Gasteiger partial charge in [0.25, 0.3) is 0 Å². The highest BCUT2D eigenvalue weighted by Gasteiger charge is 2.38. The quantitative estimate of drug-likeness (QED) is 0.639. The number of hydrogen-bond donors (Lipinski definition) is 2. The maximum atomic E-state index is 13.1. The lowest BCUT2D eigenvalue weighted by Crippen LogP contribution is -2.41. The van der Waals surface area contributed by atoms with Gasteiger partial charge in [-0.3, -0.25) is 14.6 Å². The number of allylic oxidation sites excluding steroid dienone is 1. The van der Waals surface area contributed by atoms with Gasteiger partial charge in [-0.1, -0.05) is 12.1 Å². The summed E-state index contributed by atoms with van der Waals surface area (Å²) < 4.78 is 5.79. The van der Waals surface area contributed by atoms with Crippen LogP contribution in [0.1, 0.15) is 36.6 Å². The number of carbonyl (C=O) groups excluding carboxylic acids is 2. The number of nitrogens with one attached hydrogen (secondary N) is 2. The monoisotopic (exact) mass is 428 g/mol. The van der Waals surface area contributed by atoms with Gasteiger partial charge in [0, 0.05) is 36.6 Å². The maximum absolute atomic E-state index is 13.1. The van der Waals surface area contributed by atoms with Crippen molar-refractivity contribution in [3.05, 3.63) is 89.8 Å². The summed E-state index contributed by atoms with van der Waals surface area (Å²) in [6.07, 6.45) is 7.10. The molecule has 1 aromatic carbocycles. The second kappa shape index (κ2) is 8.70. The first-order valence-corrected chi connectivity index (χ1v) is 10.8. The van der Waals surface area contributed by atoms with Crippen molar-refractivity contribution in [2.75, 3.05) is 16.8 Å². The number of carbonyl (C=O) groups is 2. The summed E-state index contributed by atoms with van der Waals surface area (Å²) >= 11 is 0. The number of furan rings is 1. The van der Waals surface area contributed by atoms with Crippen LogP contribution >= 0.6 is 0 Å². The van der Waals surface area contributed by atoms with Gasteiger partial charge in [0.1, 0.15) is 11.8 Å². The minimum atomic E-state index is -0.476. The Hall–Kier alpha value is -3.87. The number of rotatable bonds is 5. The molecule has 0 bridgehead atoms. The molecule has 7 nitrogen and oxygen atoms in total. The third-order valence-electron chi connectivity index (χ3n) is 5.91. The molecule has 0 fully saturated rings. The van der Waals surface area contributed by atoms with Crippen molar-refractivity contribution < 1.29 is 14.0 Å². The fourth-order valence-electron chi connectivity index (χ4n) is 4.43. The Balaban J connectivity index is 1.52. The number of pyridine rings is 1. The minimum absolute atomic E-state index is 0.0825. The topological polar surface area (TPSA) is 87.5 Å². The van der Waals surface area contributed by atoms with E-state index in [1.165, 1.54) is 0 Å². The van der Waals surface area contributed by atoms with Gasteiger partial charge < -0.3 is 20.0 Å². The molecule has 0 saturated heterocycles. The first-order chi connectivity index (χ1) is 15.7. The van der Waals surface area contributed by atoms with Crippen LogP contribution in [0.2, 0.25) is 0 Å². The standard InChI is InChI=1S/C25H24N4O3/c30-21-8-3-6-19-24(21)25(22-9-4-14-32-22)29(20-7-2-1-5-18(20)28-19)16-23(31)27-15-17-10-12-26-13-11-17/h1-2,4-5,7,9-14,25,28H,3,6,8,15-16H2,(H,27,31)/t25-/m0/s1. The molecule has 0 radical (unpaired) electrons. The summed E-state index contributed by atoms with van der Waals surface area (Å²) in [7, 11) is 0. The highest BCUT2D eigenvalue weighted by atomic mass is 16.3. The zero-order chi connectivity index (χ0) is 21.9. The number of ketones is 1. The van der Waals surface area contributed by atoms with Gasteiger partial charge in [0.05, 0.1) is 24.2 Å². The molecule has 162 valence electrons. The molecule has 0 unspecified atom stereocenters. The molecule has 0 spiro atoms. The molecule has 0 saturated carbocycles. The minimum Gasteiger partial charge on any atom is -0.467 e. The molecular weight excluding hydrogens is 404 g/mol. The fraction of sp³-hybridized carbons (Fsp3) is 0.240. The van der Waals surface area contributed by atoms with Crippen LogP contribution in [0.4, 0.5) is 11.4 Å². The summed E-state index contributed by atoms with van der Waals surface area (Å²) in [5.74, 6) is 0.601. The van der Waals surface area contributed by atoms with Crippen LogP contribution in [0, 0.1) is 0 Å². The lowest BCUT2D eigenvalue weighted by Gasteiger charge is -2.33. The normalized spacial score (nSPS) is 17.8. The average Bonchev–Trinajstić information content (AvgIpc) is 3.30. The molecule has 3 aromatic rings. The number of fused-ring (bicyclic) bond motifs is 1. The number of para-hydroxylation sites is 2. The van der Waals surface area contributed by atoms with Gasteiger partial charge in [-0.15, -0.1) is 0 Å². The largest absolute Gasteiger partial charge is 0.467 e. The van der Waals surface area contributed by atoms with E-state index in [9.17, 15) is 9.59 Å². The molecule has 2 N–H and O–H groups in total. The molecule has 5 rings (SSSR count). The Bertz CT molecular complexity index is 1150. The number of anilines is 2. The van der Waals surface area contributed by atoms with E-state index in [0.717, 1.165) is 35.5 Å². The lowest BCUT2D eigenvalue weighted by molar-refractivity contribution is -0.120. The molecule has 1 atom stereocenters. The van der Waals surface area contributed by atoms with Crippen LogP contribution in [-0.2, 0) is 16.1 Å². The molecule has 1 aliphatic heterocycles. The number of hydrogen-bond acceptors (Lipinski definition) is 6. The first-order valence-electron chi connectivity index (χ1n) is 10.8. The SMILES string of the molecule is O=C(CN1c2ccccc2NC2=C(C(=O)CCC2)[C@@H]1c1ccco1)NCc1ccncc1. The van der Waals surface area contributed by atoms with Gasteiger partial charge in [-0.05, 0) is 54.8 Å². The van der Waals surface area contributed by atoms with E-state index in [-0.39, 0.29) is 18.2 Å². The van der Waals surface area contributed by atoms with Crippen molar-refractivity contribution in [3.8, 4) is 0 Å². The number of Topliss-reactive ketones (excluding diaryl/α,β-unsaturated/α-hetero) is 1. The fourth-order valence-corrected chi connectivity index (χ4v) is 4.43. The van der Waals surface area contributed by atoms with E-state index in [1.807, 2.05) is 53.4 Å². The van der Waals surface area contributed by atoms with E-state index in [1.54, 1.807) is 18.7 Å². The second-order valence-corrected chi connectivity index (χ2v) is 7.99. The summed E-state index contributed by atoms with van der Waals surface area (Å²) in [5.41, 5.74) is 4.31. The molecule has 7 heteroatoms. The highest BCUT2D eigenvalue weighted by Crippen LogP contribution is 2.44. The highest BCUT2D eigenvalue weighted by molar-refractivity contribution is 6.01. The van der Waals surface area contributed by atoms with Crippen LogP contribution in [0.3, 0.4) is 0 Å². The van der Waals surface area contributed by atoms with Crippen molar-refractivity contribution in [2.45, 2.75) is 31.8 Å². The molecule has 2 aromatic heterocycles. The van der Waals surface area contributed by atoms with E-state index in [4.69, 9.17) is 4.42 Å². The van der Waals surface area contributed by atoms with E-state index in [0.29, 0.717) is 24.3 Å². The summed E-state index contributed by atoms with van der Waals surface area (Å²) in [5, 5.41) is 6.47. The number of amides is 1. The predicted molar refractivity (Wildman–Crippen MR) is 121 cm³/mol. The predicted octanol–water partition coefficient (Wildman–Crippen LogP) is 3.97. The zero-order valence-electron chi connectivity index (χ0n) is 17.6. The summed E-state index contributed by atoms with van der Waals surface area (Å²) in [6.45, 7) is 0.493. The van der Waals surface area contributed by atoms with Crippen molar-refractivity contribution >= 4 is 23.1 Å². The first kappa shape index (κ1) is 20.1. The Morgan fingerprint density at radius 1 is 1.12 bits per heavy atom. The number of nitrogens with zero attached hydrogens (tertiary/aromatic N) is 2. The summed E-state index contributed by atoms with van der Waals surface area (Å²) in [6, 6.07) is 14.8. The van der Waals surface area contributed by atoms with Gasteiger partial charge in [0.2, 0.25) is 5.91 Å². The molecule has 1 amide bonds. The number of benzene rings is 1. The van der Waals surface area contributed by atoms with Gasteiger partial charge >= 0.3 is 0 Å². The molecule has 32 heavy (non-hydrogen) atoms. The molecule has 2 aliphatic rings. The van der Waals surface area contributed by atoms with E-state index < -0.39 is 6.04 Å². The van der Waals surface area contributed by atoms with E-state index >= 15 is 0 Å². The van der Waals surface area contributed by atoms with Crippen LogP contribution in [0.5, 0.6) is 0 Å². The van der Waals surface area contributed by atoms with Gasteiger partial charge in [0.15, 0.2) is 5.78 Å². The van der Waals surface area contributed by atoms with Crippen molar-refractivity contribution in [2.24, 2.45) is 0 Å². The maximum Gasteiger partial charge on any atom is 0.239 e.